The molecule has 0 spiro atoms. The lowest BCUT2D eigenvalue weighted by atomic mass is 10.1. The highest BCUT2D eigenvalue weighted by molar-refractivity contribution is 5.82. The Hall–Kier alpha value is -2.14. The second-order valence-corrected chi connectivity index (χ2v) is 5.58. The number of hydrogen-bond acceptors (Lipinski definition) is 3. The normalized spacial score (nSPS) is 19.3. The van der Waals surface area contributed by atoms with Crippen molar-refractivity contribution in [2.75, 3.05) is 13.7 Å². The zero-order valence-corrected chi connectivity index (χ0v) is 12.8. The zero-order chi connectivity index (χ0) is 15.4. The molecule has 1 aromatic heterocycles. The maximum atomic E-state index is 12.9. The van der Waals surface area contributed by atoms with Gasteiger partial charge >= 0.3 is 0 Å². The van der Waals surface area contributed by atoms with Crippen LogP contribution in [0, 0.1) is 0 Å². The van der Waals surface area contributed by atoms with Crippen molar-refractivity contribution in [3.63, 3.8) is 0 Å². The molecule has 1 aliphatic rings. The second kappa shape index (κ2) is 6.75. The molecular formula is C17H21N3O2. The largest absolute Gasteiger partial charge is 0.367 e. The third-order valence-corrected chi connectivity index (χ3v) is 4.18. The molecule has 0 bridgehead atoms. The summed E-state index contributed by atoms with van der Waals surface area (Å²) >= 11 is 0. The number of aromatic nitrogens is 2. The predicted molar refractivity (Wildman–Crippen MR) is 83.2 cm³/mol. The van der Waals surface area contributed by atoms with Gasteiger partial charge < -0.3 is 9.64 Å². The third-order valence-electron chi connectivity index (χ3n) is 4.18. The molecule has 1 aromatic carbocycles. The predicted octanol–water partition coefficient (Wildman–Crippen LogP) is 2.26. The number of carbonyl (C=O) groups excluding carboxylic acids is 1. The summed E-state index contributed by atoms with van der Waals surface area (Å²) in [7, 11) is 1.59. The van der Waals surface area contributed by atoms with E-state index in [4.69, 9.17) is 4.74 Å². The van der Waals surface area contributed by atoms with Crippen LogP contribution in [0.25, 0.3) is 0 Å². The Labute approximate surface area is 130 Å². The van der Waals surface area contributed by atoms with E-state index in [0.717, 1.165) is 31.5 Å². The number of carbonyl (C=O) groups is 1. The van der Waals surface area contributed by atoms with Crippen LogP contribution in [0.4, 0.5) is 0 Å². The Morgan fingerprint density at radius 2 is 2.18 bits per heavy atom. The number of likely N-dealkylation sites (tertiary alicyclic amines) is 1. The second-order valence-electron chi connectivity index (χ2n) is 5.58. The smallest absolute Gasteiger partial charge is 0.256 e. The highest BCUT2D eigenvalue weighted by atomic mass is 16.5. The van der Waals surface area contributed by atoms with E-state index >= 15 is 0 Å². The fourth-order valence-electron chi connectivity index (χ4n) is 3.10. The molecular weight excluding hydrogens is 278 g/mol. The van der Waals surface area contributed by atoms with Crippen molar-refractivity contribution in [3.05, 3.63) is 54.4 Å². The van der Waals surface area contributed by atoms with Crippen molar-refractivity contribution < 1.29 is 9.53 Å². The molecule has 5 heteroatoms. The van der Waals surface area contributed by atoms with Crippen molar-refractivity contribution in [2.24, 2.45) is 0 Å². The fourth-order valence-corrected chi connectivity index (χ4v) is 3.10. The van der Waals surface area contributed by atoms with E-state index < -0.39 is 6.10 Å². The van der Waals surface area contributed by atoms with Gasteiger partial charge in [-0.25, -0.2) is 0 Å². The zero-order valence-electron chi connectivity index (χ0n) is 12.8. The number of benzene rings is 1. The average molecular weight is 299 g/mol. The fraction of sp³-hybridized carbons (Fsp3) is 0.412. The van der Waals surface area contributed by atoms with Crippen molar-refractivity contribution in [2.45, 2.75) is 31.5 Å². The molecule has 0 N–H and O–H groups in total. The van der Waals surface area contributed by atoms with E-state index in [1.54, 1.807) is 13.3 Å². The summed E-state index contributed by atoms with van der Waals surface area (Å²) < 4.78 is 7.37. The van der Waals surface area contributed by atoms with E-state index in [1.807, 2.05) is 52.2 Å². The third kappa shape index (κ3) is 3.04. The van der Waals surface area contributed by atoms with Crippen LogP contribution in [0.3, 0.4) is 0 Å². The molecule has 1 aliphatic heterocycles. The standard InChI is InChI=1S/C17H21N3O2/c1-22-16(14-7-3-2-4-8-14)17(21)20-12-5-9-15(20)13-19-11-6-10-18-19/h2-4,6-8,10-11,15-16H,5,9,12-13H2,1H3/t15-,16+/m1/s1. The Morgan fingerprint density at radius 1 is 1.36 bits per heavy atom. The monoisotopic (exact) mass is 299 g/mol. The highest BCUT2D eigenvalue weighted by Gasteiger charge is 2.34. The highest BCUT2D eigenvalue weighted by Crippen LogP contribution is 2.26. The molecule has 0 saturated carbocycles. The molecule has 1 amide bonds. The number of methoxy groups -OCH3 is 1. The van der Waals surface area contributed by atoms with Crippen molar-refractivity contribution in [1.29, 1.82) is 0 Å². The van der Waals surface area contributed by atoms with Crippen molar-refractivity contribution in [1.82, 2.24) is 14.7 Å². The van der Waals surface area contributed by atoms with Crippen LogP contribution in [-0.2, 0) is 16.1 Å². The minimum Gasteiger partial charge on any atom is -0.367 e. The van der Waals surface area contributed by atoms with Gasteiger partial charge in [-0.15, -0.1) is 0 Å². The van der Waals surface area contributed by atoms with E-state index in [-0.39, 0.29) is 11.9 Å². The number of hydrogen-bond donors (Lipinski definition) is 0. The minimum atomic E-state index is -0.528. The minimum absolute atomic E-state index is 0.0448. The van der Waals surface area contributed by atoms with Crippen LogP contribution >= 0.6 is 0 Å². The van der Waals surface area contributed by atoms with Gasteiger partial charge in [0.05, 0.1) is 12.6 Å². The van der Waals surface area contributed by atoms with Crippen LogP contribution in [0.2, 0.25) is 0 Å². The van der Waals surface area contributed by atoms with Gasteiger partial charge in [0, 0.05) is 26.0 Å². The lowest BCUT2D eigenvalue weighted by molar-refractivity contribution is -0.143. The Kier molecular flexibility index (Phi) is 4.53. The van der Waals surface area contributed by atoms with Crippen LogP contribution < -0.4 is 0 Å². The summed E-state index contributed by atoms with van der Waals surface area (Å²) in [6, 6.07) is 11.8. The summed E-state index contributed by atoms with van der Waals surface area (Å²) in [6.07, 6.45) is 5.22. The van der Waals surface area contributed by atoms with Crippen LogP contribution in [0.5, 0.6) is 0 Å². The lowest BCUT2D eigenvalue weighted by Gasteiger charge is -2.28. The molecule has 2 aromatic rings. The Bertz CT molecular complexity index is 598. The Morgan fingerprint density at radius 3 is 2.86 bits per heavy atom. The summed E-state index contributed by atoms with van der Waals surface area (Å²) in [4.78, 5) is 14.8. The molecule has 0 radical (unpaired) electrons. The van der Waals surface area contributed by atoms with Gasteiger partial charge in [-0.2, -0.15) is 5.10 Å². The van der Waals surface area contributed by atoms with E-state index in [1.165, 1.54) is 0 Å². The van der Waals surface area contributed by atoms with Crippen LogP contribution in [-0.4, -0.2) is 40.3 Å². The van der Waals surface area contributed by atoms with Gasteiger partial charge in [-0.05, 0) is 24.5 Å². The van der Waals surface area contributed by atoms with E-state index in [2.05, 4.69) is 5.10 Å². The molecule has 2 heterocycles. The van der Waals surface area contributed by atoms with Gasteiger partial charge in [0.25, 0.3) is 5.91 Å². The van der Waals surface area contributed by atoms with Gasteiger partial charge in [0.1, 0.15) is 0 Å². The number of nitrogens with zero attached hydrogens (tertiary/aromatic N) is 3. The first-order chi connectivity index (χ1) is 10.8. The summed E-state index contributed by atoms with van der Waals surface area (Å²) in [5.74, 6) is 0.0448. The van der Waals surface area contributed by atoms with Crippen molar-refractivity contribution >= 4 is 5.91 Å². The molecule has 116 valence electrons. The summed E-state index contributed by atoms with van der Waals surface area (Å²) in [5, 5.41) is 4.24. The molecule has 1 saturated heterocycles. The summed E-state index contributed by atoms with van der Waals surface area (Å²) in [5.41, 5.74) is 0.903. The first-order valence-corrected chi connectivity index (χ1v) is 7.65. The molecule has 5 nitrogen and oxygen atoms in total. The molecule has 2 atom stereocenters. The molecule has 1 fully saturated rings. The van der Waals surface area contributed by atoms with E-state index in [0.29, 0.717) is 0 Å². The number of rotatable bonds is 5. The number of ether oxygens (including phenoxy) is 1. The lowest BCUT2D eigenvalue weighted by Crippen LogP contribution is -2.41. The van der Waals surface area contributed by atoms with Crippen LogP contribution in [0.1, 0.15) is 24.5 Å². The number of amides is 1. The first kappa shape index (κ1) is 14.8. The average Bonchev–Trinajstić information content (AvgIpc) is 3.21. The molecule has 22 heavy (non-hydrogen) atoms. The van der Waals surface area contributed by atoms with Gasteiger partial charge in [0.2, 0.25) is 0 Å². The van der Waals surface area contributed by atoms with Gasteiger partial charge in [-0.3, -0.25) is 9.48 Å². The van der Waals surface area contributed by atoms with Gasteiger partial charge in [0.15, 0.2) is 6.10 Å². The molecule has 3 rings (SSSR count). The Balaban J connectivity index is 1.74. The molecule has 0 aliphatic carbocycles. The van der Waals surface area contributed by atoms with Crippen molar-refractivity contribution in [3.8, 4) is 0 Å². The quantitative estimate of drug-likeness (QED) is 0.851. The van der Waals surface area contributed by atoms with Gasteiger partial charge in [-0.1, -0.05) is 30.3 Å². The maximum Gasteiger partial charge on any atom is 0.256 e. The topological polar surface area (TPSA) is 47.4 Å². The maximum absolute atomic E-state index is 12.9. The first-order valence-electron chi connectivity index (χ1n) is 7.65. The van der Waals surface area contributed by atoms with E-state index in [9.17, 15) is 4.79 Å². The SMILES string of the molecule is CO[C@H](C(=O)N1CCC[C@@H]1Cn1cccn1)c1ccccc1. The molecule has 0 unspecified atom stereocenters. The summed E-state index contributed by atoms with van der Waals surface area (Å²) in [6.45, 7) is 1.53. The van der Waals surface area contributed by atoms with Crippen LogP contribution in [0.15, 0.2) is 48.8 Å².